The summed E-state index contributed by atoms with van der Waals surface area (Å²) in [7, 11) is 0. The molecule has 2 aliphatic heterocycles. The highest BCUT2D eigenvalue weighted by molar-refractivity contribution is 5.16. The molecular weight excluding hydrogens is 356 g/mol. The van der Waals surface area contributed by atoms with E-state index in [1.54, 1.807) is 0 Å². The summed E-state index contributed by atoms with van der Waals surface area (Å²) in [5.41, 5.74) is 0.337. The van der Waals surface area contributed by atoms with E-state index in [0.29, 0.717) is 42.3 Å². The van der Waals surface area contributed by atoms with E-state index in [-0.39, 0.29) is 17.3 Å². The van der Waals surface area contributed by atoms with Crippen molar-refractivity contribution in [2.45, 2.75) is 82.9 Å². The number of ether oxygens (including phenoxy) is 4. The van der Waals surface area contributed by atoms with Gasteiger partial charge in [-0.15, -0.1) is 0 Å². The van der Waals surface area contributed by atoms with E-state index in [9.17, 15) is 5.11 Å². The van der Waals surface area contributed by atoms with Gasteiger partial charge in [0, 0.05) is 24.2 Å². The van der Waals surface area contributed by atoms with E-state index in [1.807, 2.05) is 0 Å². The fourth-order valence-electron chi connectivity index (χ4n) is 8.84. The predicted molar refractivity (Wildman–Crippen MR) is 102 cm³/mol. The zero-order valence-corrected chi connectivity index (χ0v) is 17.5. The van der Waals surface area contributed by atoms with E-state index < -0.39 is 5.79 Å². The Morgan fingerprint density at radius 3 is 2.21 bits per heavy atom. The van der Waals surface area contributed by atoms with Crippen LogP contribution in [0.5, 0.6) is 0 Å². The number of aliphatic hydroxyl groups is 1. The van der Waals surface area contributed by atoms with Crippen molar-refractivity contribution in [1.29, 1.82) is 0 Å². The molecule has 0 amide bonds. The molecule has 6 fully saturated rings. The minimum Gasteiger partial charge on any atom is -0.393 e. The van der Waals surface area contributed by atoms with Gasteiger partial charge in [0.15, 0.2) is 11.6 Å². The summed E-state index contributed by atoms with van der Waals surface area (Å²) >= 11 is 0. The molecular formula is C23H36O5. The van der Waals surface area contributed by atoms with Crippen molar-refractivity contribution < 1.29 is 24.1 Å². The molecule has 5 nitrogen and oxygen atoms in total. The quantitative estimate of drug-likeness (QED) is 0.684. The normalized spacial score (nSPS) is 53.9. The second-order valence-corrected chi connectivity index (χ2v) is 11.0. The first kappa shape index (κ1) is 18.6. The SMILES string of the molecule is C[C@]12CC[C@H](O)C[C@@H]1CC1(OCCO1)[C@@H]1[C@H]2CC[C@@]2(C)[C@H]1CCC21OCCO1. The second kappa shape index (κ2) is 5.94. The average molecular weight is 393 g/mol. The molecule has 28 heavy (non-hydrogen) atoms. The summed E-state index contributed by atoms with van der Waals surface area (Å²) in [6, 6.07) is 0. The van der Waals surface area contributed by atoms with E-state index in [0.717, 1.165) is 51.7 Å². The molecule has 5 heteroatoms. The van der Waals surface area contributed by atoms with Crippen LogP contribution in [0.3, 0.4) is 0 Å². The van der Waals surface area contributed by atoms with Crippen LogP contribution < -0.4 is 0 Å². The first-order valence-corrected chi connectivity index (χ1v) is 11.7. The minimum atomic E-state index is -0.456. The Hall–Kier alpha value is -0.200. The third kappa shape index (κ3) is 2.16. The molecule has 2 spiro atoms. The van der Waals surface area contributed by atoms with Gasteiger partial charge in [-0.25, -0.2) is 0 Å². The Bertz CT molecular complexity index is 639. The van der Waals surface area contributed by atoms with Crippen LogP contribution in [-0.2, 0) is 18.9 Å². The zero-order valence-electron chi connectivity index (χ0n) is 17.5. The Morgan fingerprint density at radius 1 is 0.786 bits per heavy atom. The summed E-state index contributed by atoms with van der Waals surface area (Å²) in [6.45, 7) is 7.80. The van der Waals surface area contributed by atoms with Crippen LogP contribution in [0, 0.1) is 34.5 Å². The zero-order chi connectivity index (χ0) is 19.2. The Balaban J connectivity index is 1.43. The molecule has 0 radical (unpaired) electrons. The molecule has 1 N–H and O–H groups in total. The first-order chi connectivity index (χ1) is 13.4. The smallest absolute Gasteiger partial charge is 0.174 e. The van der Waals surface area contributed by atoms with Gasteiger partial charge < -0.3 is 24.1 Å². The van der Waals surface area contributed by atoms with Crippen LogP contribution >= 0.6 is 0 Å². The fourth-order valence-corrected chi connectivity index (χ4v) is 8.84. The van der Waals surface area contributed by atoms with Gasteiger partial charge >= 0.3 is 0 Å². The van der Waals surface area contributed by atoms with Gasteiger partial charge in [0.1, 0.15) is 0 Å². The van der Waals surface area contributed by atoms with Crippen molar-refractivity contribution in [3.05, 3.63) is 0 Å². The third-order valence-corrected chi connectivity index (χ3v) is 10.2. The minimum absolute atomic E-state index is 0.0460. The monoisotopic (exact) mass is 392 g/mol. The lowest BCUT2D eigenvalue weighted by atomic mass is 9.43. The van der Waals surface area contributed by atoms with Gasteiger partial charge in [-0.1, -0.05) is 13.8 Å². The molecule has 0 aromatic rings. The van der Waals surface area contributed by atoms with E-state index in [1.165, 1.54) is 12.8 Å². The van der Waals surface area contributed by atoms with Crippen molar-refractivity contribution in [2.75, 3.05) is 26.4 Å². The molecule has 6 rings (SSSR count). The molecule has 4 aliphatic carbocycles. The van der Waals surface area contributed by atoms with Gasteiger partial charge in [0.2, 0.25) is 0 Å². The van der Waals surface area contributed by atoms with E-state index in [4.69, 9.17) is 18.9 Å². The largest absolute Gasteiger partial charge is 0.393 e. The Labute approximate surface area is 168 Å². The van der Waals surface area contributed by atoms with Gasteiger partial charge in [-0.2, -0.15) is 0 Å². The van der Waals surface area contributed by atoms with Crippen LogP contribution in [0.2, 0.25) is 0 Å². The molecule has 0 bridgehead atoms. The molecule has 4 saturated carbocycles. The number of hydrogen-bond donors (Lipinski definition) is 1. The maximum Gasteiger partial charge on any atom is 0.174 e. The lowest BCUT2D eigenvalue weighted by Gasteiger charge is -2.65. The van der Waals surface area contributed by atoms with Crippen LogP contribution in [0.4, 0.5) is 0 Å². The highest BCUT2D eigenvalue weighted by Gasteiger charge is 2.72. The van der Waals surface area contributed by atoms with Crippen molar-refractivity contribution in [3.63, 3.8) is 0 Å². The lowest BCUT2D eigenvalue weighted by molar-refractivity contribution is -0.317. The maximum atomic E-state index is 10.4. The third-order valence-electron chi connectivity index (χ3n) is 10.2. The van der Waals surface area contributed by atoms with Crippen molar-refractivity contribution in [3.8, 4) is 0 Å². The first-order valence-electron chi connectivity index (χ1n) is 11.7. The summed E-state index contributed by atoms with van der Waals surface area (Å²) in [6.07, 6.45) is 8.30. The summed E-state index contributed by atoms with van der Waals surface area (Å²) in [4.78, 5) is 0. The highest BCUT2D eigenvalue weighted by Crippen LogP contribution is 2.72. The summed E-state index contributed by atoms with van der Waals surface area (Å²) in [5.74, 6) is 1.19. The predicted octanol–water partition coefficient (Wildman–Crippen LogP) is 3.49. The second-order valence-electron chi connectivity index (χ2n) is 11.0. The van der Waals surface area contributed by atoms with Gasteiger partial charge in [-0.05, 0) is 61.7 Å². The van der Waals surface area contributed by atoms with Crippen LogP contribution in [0.1, 0.15) is 65.2 Å². The Morgan fingerprint density at radius 2 is 1.46 bits per heavy atom. The molecule has 0 aromatic heterocycles. The molecule has 2 heterocycles. The molecule has 0 aromatic carbocycles. The van der Waals surface area contributed by atoms with Crippen molar-refractivity contribution in [2.24, 2.45) is 34.5 Å². The van der Waals surface area contributed by atoms with Gasteiger partial charge in [0.05, 0.1) is 32.5 Å². The maximum absolute atomic E-state index is 10.4. The Kier molecular flexibility index (Phi) is 3.94. The standard InChI is InChI=1S/C23H36O5/c1-20-6-3-16(24)13-15(20)14-22(25-9-10-26-22)19-17(20)4-7-21(2)18(19)5-8-23(21)27-11-12-28-23/h15-19,24H,3-14H2,1-2H3/t15-,16+,17-,18+,19-,20+,21+/m1/s1. The number of rotatable bonds is 0. The molecule has 2 saturated heterocycles. The fraction of sp³-hybridized carbons (Fsp3) is 1.00. The molecule has 7 atom stereocenters. The van der Waals surface area contributed by atoms with Crippen molar-refractivity contribution >= 4 is 0 Å². The van der Waals surface area contributed by atoms with Crippen molar-refractivity contribution in [1.82, 2.24) is 0 Å². The molecule has 158 valence electrons. The van der Waals surface area contributed by atoms with E-state index >= 15 is 0 Å². The molecule has 6 aliphatic rings. The summed E-state index contributed by atoms with van der Waals surface area (Å²) < 4.78 is 25.6. The summed E-state index contributed by atoms with van der Waals surface area (Å²) in [5, 5.41) is 10.4. The van der Waals surface area contributed by atoms with Crippen LogP contribution in [-0.4, -0.2) is 49.2 Å². The van der Waals surface area contributed by atoms with Crippen LogP contribution in [0.15, 0.2) is 0 Å². The van der Waals surface area contributed by atoms with Gasteiger partial charge in [0.25, 0.3) is 0 Å². The number of fused-ring (bicyclic) bond motifs is 7. The number of aliphatic hydroxyl groups excluding tert-OH is 1. The molecule has 0 unspecified atom stereocenters. The van der Waals surface area contributed by atoms with Gasteiger partial charge in [-0.3, -0.25) is 0 Å². The van der Waals surface area contributed by atoms with Crippen LogP contribution in [0.25, 0.3) is 0 Å². The number of hydrogen-bond acceptors (Lipinski definition) is 5. The topological polar surface area (TPSA) is 57.2 Å². The average Bonchev–Trinajstić information content (AvgIpc) is 3.39. The van der Waals surface area contributed by atoms with E-state index in [2.05, 4.69) is 13.8 Å². The lowest BCUT2D eigenvalue weighted by Crippen LogP contribution is -2.65. The highest BCUT2D eigenvalue weighted by atomic mass is 16.7.